The quantitative estimate of drug-likeness (QED) is 0.224. The highest BCUT2D eigenvalue weighted by Crippen LogP contribution is 2.32. The first-order valence-electron chi connectivity index (χ1n) is 10.8. The zero-order chi connectivity index (χ0) is 23.4. The molecule has 0 N–H and O–H groups in total. The van der Waals surface area contributed by atoms with E-state index in [2.05, 4.69) is 0 Å². The van der Waals surface area contributed by atoms with Crippen LogP contribution in [-0.2, 0) is 14.2 Å². The first-order valence-corrected chi connectivity index (χ1v) is 10.8. The molecule has 4 rings (SSSR count). The SMILES string of the molecule is CCOCCC1COC(c2ccc(-c3ccc(-c4cc(F)c(F)c(F)c4)c(F)c3)cc2)OC1. The number of rotatable bonds is 7. The van der Waals surface area contributed by atoms with E-state index in [-0.39, 0.29) is 11.1 Å². The van der Waals surface area contributed by atoms with E-state index in [1.807, 2.05) is 31.2 Å². The summed E-state index contributed by atoms with van der Waals surface area (Å²) in [6.07, 6.45) is 0.433. The summed E-state index contributed by atoms with van der Waals surface area (Å²) in [5.41, 5.74) is 2.11. The van der Waals surface area contributed by atoms with Crippen molar-refractivity contribution in [2.24, 2.45) is 5.92 Å². The molecule has 0 saturated carbocycles. The first-order chi connectivity index (χ1) is 16.0. The molecule has 1 fully saturated rings. The molecule has 174 valence electrons. The standard InChI is InChI=1S/C26H24F4O3/c1-2-31-10-9-16-14-32-26(33-15-16)18-5-3-17(4-6-18)19-7-8-21(22(27)11-19)20-12-23(28)25(30)24(29)13-20/h3-8,11-13,16,26H,2,9-10,14-15H2,1H3. The van der Waals surface area contributed by atoms with Crippen LogP contribution in [0.1, 0.15) is 25.2 Å². The molecule has 1 aliphatic rings. The van der Waals surface area contributed by atoms with Crippen LogP contribution in [0.25, 0.3) is 22.3 Å². The molecule has 1 aliphatic heterocycles. The summed E-state index contributed by atoms with van der Waals surface area (Å²) in [4.78, 5) is 0. The Hall–Kier alpha value is -2.74. The van der Waals surface area contributed by atoms with Gasteiger partial charge in [-0.1, -0.05) is 36.4 Å². The largest absolute Gasteiger partial charge is 0.382 e. The number of hydrogen-bond donors (Lipinski definition) is 0. The highest BCUT2D eigenvalue weighted by Gasteiger charge is 2.23. The van der Waals surface area contributed by atoms with Gasteiger partial charge in [0.25, 0.3) is 0 Å². The van der Waals surface area contributed by atoms with Crippen molar-refractivity contribution in [1.82, 2.24) is 0 Å². The third-order valence-corrected chi connectivity index (χ3v) is 5.62. The van der Waals surface area contributed by atoms with E-state index in [1.54, 1.807) is 6.07 Å². The lowest BCUT2D eigenvalue weighted by molar-refractivity contribution is -0.207. The van der Waals surface area contributed by atoms with Crippen molar-refractivity contribution in [3.05, 3.63) is 83.4 Å². The van der Waals surface area contributed by atoms with Crippen molar-refractivity contribution in [3.63, 3.8) is 0 Å². The Balaban J connectivity index is 1.44. The topological polar surface area (TPSA) is 27.7 Å². The van der Waals surface area contributed by atoms with Crippen LogP contribution in [0.15, 0.2) is 54.6 Å². The second-order valence-corrected chi connectivity index (χ2v) is 7.92. The molecule has 3 aromatic rings. The highest BCUT2D eigenvalue weighted by atomic mass is 19.2. The Labute approximate surface area is 189 Å². The highest BCUT2D eigenvalue weighted by molar-refractivity contribution is 5.71. The van der Waals surface area contributed by atoms with Gasteiger partial charge in [-0.2, -0.15) is 0 Å². The average Bonchev–Trinajstić information content (AvgIpc) is 2.83. The molecule has 0 radical (unpaired) electrons. The molecular formula is C26H24F4O3. The molecule has 0 amide bonds. The summed E-state index contributed by atoms with van der Waals surface area (Å²) in [5, 5.41) is 0. The Morgan fingerprint density at radius 2 is 1.39 bits per heavy atom. The van der Waals surface area contributed by atoms with E-state index < -0.39 is 29.6 Å². The van der Waals surface area contributed by atoms with Gasteiger partial charge in [0.05, 0.1) is 13.2 Å². The maximum atomic E-state index is 14.7. The lowest BCUT2D eigenvalue weighted by atomic mass is 9.98. The van der Waals surface area contributed by atoms with Crippen LogP contribution < -0.4 is 0 Å². The number of ether oxygens (including phenoxy) is 3. The molecule has 33 heavy (non-hydrogen) atoms. The van der Waals surface area contributed by atoms with Crippen LogP contribution in [0.2, 0.25) is 0 Å². The van der Waals surface area contributed by atoms with Crippen LogP contribution in [0.5, 0.6) is 0 Å². The maximum absolute atomic E-state index is 14.7. The molecule has 0 aromatic heterocycles. The second kappa shape index (κ2) is 10.5. The van der Waals surface area contributed by atoms with Crippen molar-refractivity contribution in [2.45, 2.75) is 19.6 Å². The molecule has 0 bridgehead atoms. The summed E-state index contributed by atoms with van der Waals surface area (Å²) in [6.45, 7) is 4.53. The number of benzene rings is 3. The van der Waals surface area contributed by atoms with E-state index in [0.717, 1.165) is 29.7 Å². The molecule has 7 heteroatoms. The van der Waals surface area contributed by atoms with Crippen molar-refractivity contribution in [3.8, 4) is 22.3 Å². The summed E-state index contributed by atoms with van der Waals surface area (Å²) in [5.74, 6) is -4.67. The van der Waals surface area contributed by atoms with Gasteiger partial charge in [0, 0.05) is 30.3 Å². The van der Waals surface area contributed by atoms with Gasteiger partial charge in [-0.15, -0.1) is 0 Å². The molecule has 0 aliphatic carbocycles. The van der Waals surface area contributed by atoms with E-state index in [4.69, 9.17) is 14.2 Å². The molecule has 0 atom stereocenters. The second-order valence-electron chi connectivity index (χ2n) is 7.92. The van der Waals surface area contributed by atoms with E-state index >= 15 is 0 Å². The van der Waals surface area contributed by atoms with Gasteiger partial charge >= 0.3 is 0 Å². The molecule has 1 heterocycles. The van der Waals surface area contributed by atoms with Gasteiger partial charge in [0.2, 0.25) is 0 Å². The van der Waals surface area contributed by atoms with Crippen LogP contribution in [0, 0.1) is 29.2 Å². The van der Waals surface area contributed by atoms with Crippen molar-refractivity contribution >= 4 is 0 Å². The Kier molecular flexibility index (Phi) is 7.42. The molecule has 3 nitrogen and oxygen atoms in total. The van der Waals surface area contributed by atoms with Crippen molar-refractivity contribution in [1.29, 1.82) is 0 Å². The first kappa shape index (κ1) is 23.4. The van der Waals surface area contributed by atoms with Gasteiger partial charge in [-0.3, -0.25) is 0 Å². The Morgan fingerprint density at radius 3 is 2.00 bits per heavy atom. The zero-order valence-electron chi connectivity index (χ0n) is 18.1. The van der Waals surface area contributed by atoms with Crippen LogP contribution in [0.4, 0.5) is 17.6 Å². The summed E-state index contributed by atoms with van der Waals surface area (Å²) < 4.78 is 72.0. The minimum absolute atomic E-state index is 0.0175. The fraction of sp³-hybridized carbons (Fsp3) is 0.308. The van der Waals surface area contributed by atoms with Crippen molar-refractivity contribution in [2.75, 3.05) is 26.4 Å². The predicted molar refractivity (Wildman–Crippen MR) is 116 cm³/mol. The molecule has 0 unspecified atom stereocenters. The van der Waals surface area contributed by atoms with Crippen LogP contribution in [0.3, 0.4) is 0 Å². The van der Waals surface area contributed by atoms with Crippen LogP contribution >= 0.6 is 0 Å². The van der Waals surface area contributed by atoms with E-state index in [0.29, 0.717) is 37.9 Å². The summed E-state index contributed by atoms with van der Waals surface area (Å²) >= 11 is 0. The van der Waals surface area contributed by atoms with Gasteiger partial charge in [-0.25, -0.2) is 17.6 Å². The summed E-state index contributed by atoms with van der Waals surface area (Å²) in [6, 6.07) is 13.3. The average molecular weight is 460 g/mol. The monoisotopic (exact) mass is 460 g/mol. The minimum Gasteiger partial charge on any atom is -0.382 e. The van der Waals surface area contributed by atoms with Crippen LogP contribution in [-0.4, -0.2) is 26.4 Å². The Bertz CT molecular complexity index is 1070. The predicted octanol–water partition coefficient (Wildman–Crippen LogP) is 6.67. The smallest absolute Gasteiger partial charge is 0.194 e. The normalized spacial score (nSPS) is 18.5. The van der Waals surface area contributed by atoms with Gasteiger partial charge in [0.1, 0.15) is 5.82 Å². The number of hydrogen-bond acceptors (Lipinski definition) is 3. The lowest BCUT2D eigenvalue weighted by Gasteiger charge is -2.29. The molecule has 0 spiro atoms. The third kappa shape index (κ3) is 5.43. The Morgan fingerprint density at radius 1 is 0.788 bits per heavy atom. The molecule has 3 aromatic carbocycles. The fourth-order valence-electron chi connectivity index (χ4n) is 3.77. The summed E-state index contributed by atoms with van der Waals surface area (Å²) in [7, 11) is 0. The van der Waals surface area contributed by atoms with E-state index in [1.165, 1.54) is 12.1 Å². The fourth-order valence-corrected chi connectivity index (χ4v) is 3.77. The van der Waals surface area contributed by atoms with Crippen molar-refractivity contribution < 1.29 is 31.8 Å². The van der Waals surface area contributed by atoms with E-state index in [9.17, 15) is 17.6 Å². The molecule has 1 saturated heterocycles. The lowest BCUT2D eigenvalue weighted by Crippen LogP contribution is -2.28. The van der Waals surface area contributed by atoms with Gasteiger partial charge in [0.15, 0.2) is 23.7 Å². The molecular weight excluding hydrogens is 436 g/mol. The number of halogens is 4. The zero-order valence-corrected chi connectivity index (χ0v) is 18.1. The minimum atomic E-state index is -1.58. The van der Waals surface area contributed by atoms with Gasteiger partial charge < -0.3 is 14.2 Å². The maximum Gasteiger partial charge on any atom is 0.194 e. The van der Waals surface area contributed by atoms with Gasteiger partial charge in [-0.05, 0) is 48.2 Å². The third-order valence-electron chi connectivity index (χ3n) is 5.62.